The van der Waals surface area contributed by atoms with Gasteiger partial charge in [-0.1, -0.05) is 0 Å². The minimum absolute atomic E-state index is 0.0409. The van der Waals surface area contributed by atoms with Crippen molar-refractivity contribution < 1.29 is 17.8 Å². The molecule has 0 bridgehead atoms. The SMILES string of the molecule is O=[N+]([O-])c1ccc(S(=O)(=O)N2CCN(c3ccc(-c4ccco4)nn3)CC2)cc1. The maximum absolute atomic E-state index is 12.8. The van der Waals surface area contributed by atoms with Gasteiger partial charge in [-0.05, 0) is 36.4 Å². The Hall–Kier alpha value is -3.31. The number of benzene rings is 1. The first-order chi connectivity index (χ1) is 13.9. The molecule has 0 atom stereocenters. The molecule has 0 unspecified atom stereocenters. The highest BCUT2D eigenvalue weighted by atomic mass is 32.2. The highest BCUT2D eigenvalue weighted by Gasteiger charge is 2.29. The van der Waals surface area contributed by atoms with E-state index in [1.54, 1.807) is 24.5 Å². The van der Waals surface area contributed by atoms with Crippen LogP contribution in [0.4, 0.5) is 11.5 Å². The van der Waals surface area contributed by atoms with E-state index < -0.39 is 14.9 Å². The zero-order chi connectivity index (χ0) is 20.4. The Morgan fingerprint density at radius 2 is 1.69 bits per heavy atom. The molecule has 1 aromatic carbocycles. The molecule has 3 aromatic rings. The number of hydrogen-bond acceptors (Lipinski definition) is 8. The Morgan fingerprint density at radius 3 is 2.24 bits per heavy atom. The predicted molar refractivity (Wildman–Crippen MR) is 104 cm³/mol. The number of furan rings is 1. The Morgan fingerprint density at radius 1 is 0.966 bits per heavy atom. The summed E-state index contributed by atoms with van der Waals surface area (Å²) in [7, 11) is -3.71. The fraction of sp³-hybridized carbons (Fsp3) is 0.222. The molecule has 1 fully saturated rings. The second-order valence-corrected chi connectivity index (χ2v) is 8.33. The van der Waals surface area contributed by atoms with E-state index in [0.29, 0.717) is 30.4 Å². The molecule has 0 spiro atoms. The van der Waals surface area contributed by atoms with Crippen LogP contribution in [-0.4, -0.2) is 54.0 Å². The molecular weight excluding hydrogens is 398 g/mol. The van der Waals surface area contributed by atoms with Crippen LogP contribution in [0, 0.1) is 10.1 Å². The van der Waals surface area contributed by atoms with Gasteiger partial charge in [0.05, 0.1) is 16.1 Å². The summed E-state index contributed by atoms with van der Waals surface area (Å²) in [5.41, 5.74) is 0.475. The molecule has 1 aliphatic heterocycles. The topological polar surface area (TPSA) is 123 Å². The van der Waals surface area contributed by atoms with Crippen LogP contribution in [0.5, 0.6) is 0 Å². The van der Waals surface area contributed by atoms with Crippen molar-refractivity contribution in [1.82, 2.24) is 14.5 Å². The minimum Gasteiger partial charge on any atom is -0.463 e. The van der Waals surface area contributed by atoms with E-state index in [-0.39, 0.29) is 23.7 Å². The molecule has 4 rings (SSSR count). The summed E-state index contributed by atoms with van der Waals surface area (Å²) in [6.07, 6.45) is 1.57. The van der Waals surface area contributed by atoms with Gasteiger partial charge < -0.3 is 9.32 Å². The number of nitro benzene ring substituents is 1. The molecule has 0 aliphatic carbocycles. The maximum Gasteiger partial charge on any atom is 0.269 e. The highest BCUT2D eigenvalue weighted by Crippen LogP contribution is 2.23. The third kappa shape index (κ3) is 3.82. The molecule has 0 radical (unpaired) electrons. The molecule has 0 N–H and O–H groups in total. The lowest BCUT2D eigenvalue weighted by Crippen LogP contribution is -2.48. The quantitative estimate of drug-likeness (QED) is 0.459. The molecule has 10 nitrogen and oxygen atoms in total. The molecule has 29 heavy (non-hydrogen) atoms. The first-order valence-corrected chi connectivity index (χ1v) is 10.3. The third-order valence-corrected chi connectivity index (χ3v) is 6.58. The number of aromatic nitrogens is 2. The number of rotatable bonds is 5. The van der Waals surface area contributed by atoms with Crippen LogP contribution in [0.2, 0.25) is 0 Å². The fourth-order valence-corrected chi connectivity index (χ4v) is 4.52. The lowest BCUT2D eigenvalue weighted by molar-refractivity contribution is -0.384. The van der Waals surface area contributed by atoms with Crippen LogP contribution in [0.25, 0.3) is 11.5 Å². The second-order valence-electron chi connectivity index (χ2n) is 6.40. The number of non-ortho nitro benzene ring substituents is 1. The highest BCUT2D eigenvalue weighted by molar-refractivity contribution is 7.89. The summed E-state index contributed by atoms with van der Waals surface area (Å²) in [6.45, 7) is 1.48. The molecule has 150 valence electrons. The zero-order valence-electron chi connectivity index (χ0n) is 15.2. The predicted octanol–water partition coefficient (Wildman–Crippen LogP) is 2.16. The van der Waals surface area contributed by atoms with Gasteiger partial charge in [-0.25, -0.2) is 8.42 Å². The largest absolute Gasteiger partial charge is 0.463 e. The average Bonchev–Trinajstić information content (AvgIpc) is 3.29. The van der Waals surface area contributed by atoms with E-state index in [1.807, 2.05) is 11.0 Å². The lowest BCUT2D eigenvalue weighted by Gasteiger charge is -2.34. The first kappa shape index (κ1) is 19.0. The molecule has 2 aromatic heterocycles. The van der Waals surface area contributed by atoms with Crippen molar-refractivity contribution in [3.8, 4) is 11.5 Å². The van der Waals surface area contributed by atoms with Crippen molar-refractivity contribution >= 4 is 21.5 Å². The third-order valence-electron chi connectivity index (χ3n) is 4.67. The van der Waals surface area contributed by atoms with Crippen LogP contribution < -0.4 is 4.90 Å². The molecule has 0 saturated carbocycles. The zero-order valence-corrected chi connectivity index (χ0v) is 16.0. The summed E-state index contributed by atoms with van der Waals surface area (Å²) < 4.78 is 32.2. The van der Waals surface area contributed by atoms with Gasteiger partial charge >= 0.3 is 0 Å². The lowest BCUT2D eigenvalue weighted by atomic mass is 10.3. The summed E-state index contributed by atoms with van der Waals surface area (Å²) in [4.78, 5) is 12.2. The van der Waals surface area contributed by atoms with E-state index in [0.717, 1.165) is 0 Å². The van der Waals surface area contributed by atoms with Gasteiger partial charge in [0.2, 0.25) is 10.0 Å². The Balaban J connectivity index is 1.42. The van der Waals surface area contributed by atoms with Gasteiger partial charge in [0.1, 0.15) is 5.69 Å². The van der Waals surface area contributed by atoms with Gasteiger partial charge in [0.25, 0.3) is 5.69 Å². The molecule has 1 aliphatic rings. The van der Waals surface area contributed by atoms with Crippen molar-refractivity contribution in [2.24, 2.45) is 0 Å². The van der Waals surface area contributed by atoms with E-state index in [2.05, 4.69) is 10.2 Å². The van der Waals surface area contributed by atoms with Gasteiger partial charge in [0, 0.05) is 38.3 Å². The number of nitrogens with zero attached hydrogens (tertiary/aromatic N) is 5. The average molecular weight is 415 g/mol. The number of hydrogen-bond donors (Lipinski definition) is 0. The normalized spacial score (nSPS) is 15.4. The van der Waals surface area contributed by atoms with Crippen molar-refractivity contribution in [3.63, 3.8) is 0 Å². The maximum atomic E-state index is 12.8. The van der Waals surface area contributed by atoms with E-state index in [1.165, 1.54) is 28.6 Å². The van der Waals surface area contributed by atoms with Crippen molar-refractivity contribution in [3.05, 3.63) is 64.9 Å². The van der Waals surface area contributed by atoms with E-state index in [9.17, 15) is 18.5 Å². The first-order valence-electron chi connectivity index (χ1n) is 8.82. The minimum atomic E-state index is -3.71. The summed E-state index contributed by atoms with van der Waals surface area (Å²) in [6, 6.07) is 12.1. The van der Waals surface area contributed by atoms with Gasteiger partial charge in [-0.15, -0.1) is 10.2 Å². The summed E-state index contributed by atoms with van der Waals surface area (Å²) in [5.74, 6) is 1.29. The second kappa shape index (κ2) is 7.60. The Labute approximate surface area is 166 Å². The van der Waals surface area contributed by atoms with E-state index >= 15 is 0 Å². The van der Waals surface area contributed by atoms with Gasteiger partial charge in [-0.3, -0.25) is 10.1 Å². The van der Waals surface area contributed by atoms with Gasteiger partial charge in [0.15, 0.2) is 11.6 Å². The van der Waals surface area contributed by atoms with Crippen LogP contribution in [0.3, 0.4) is 0 Å². The van der Waals surface area contributed by atoms with Crippen molar-refractivity contribution in [2.45, 2.75) is 4.90 Å². The van der Waals surface area contributed by atoms with Crippen LogP contribution in [0.1, 0.15) is 0 Å². The molecule has 11 heteroatoms. The Kier molecular flexibility index (Phi) is 4.99. The molecule has 0 amide bonds. The number of sulfonamides is 1. The fourth-order valence-electron chi connectivity index (χ4n) is 3.10. The molecule has 3 heterocycles. The van der Waals surface area contributed by atoms with Crippen molar-refractivity contribution in [2.75, 3.05) is 31.1 Å². The standard InChI is InChI=1S/C18H17N5O5S/c24-23(25)14-3-5-15(6-4-14)29(26,27)22-11-9-21(10-12-22)18-8-7-16(19-20-18)17-2-1-13-28-17/h1-8,13H,9-12H2. The summed E-state index contributed by atoms with van der Waals surface area (Å²) in [5, 5.41) is 19.1. The van der Waals surface area contributed by atoms with Crippen LogP contribution >= 0.6 is 0 Å². The molecule has 1 saturated heterocycles. The van der Waals surface area contributed by atoms with Crippen LogP contribution in [0.15, 0.2) is 64.1 Å². The van der Waals surface area contributed by atoms with Crippen molar-refractivity contribution in [1.29, 1.82) is 0 Å². The van der Waals surface area contributed by atoms with Gasteiger partial charge in [-0.2, -0.15) is 4.31 Å². The summed E-state index contributed by atoms with van der Waals surface area (Å²) >= 11 is 0. The van der Waals surface area contributed by atoms with E-state index in [4.69, 9.17) is 4.42 Å². The number of nitro groups is 1. The van der Waals surface area contributed by atoms with Crippen LogP contribution in [-0.2, 0) is 10.0 Å². The number of anilines is 1. The Bertz CT molecular complexity index is 1090. The smallest absolute Gasteiger partial charge is 0.269 e. The number of piperazine rings is 1. The monoisotopic (exact) mass is 415 g/mol. The molecular formula is C18H17N5O5S.